The van der Waals surface area contributed by atoms with Crippen molar-refractivity contribution in [1.29, 1.82) is 0 Å². The number of fused-ring (bicyclic) bond motifs is 1. The van der Waals surface area contributed by atoms with Gasteiger partial charge in [-0.15, -0.1) is 0 Å². The average Bonchev–Trinajstić information content (AvgIpc) is 2.82. The summed E-state index contributed by atoms with van der Waals surface area (Å²) in [6.45, 7) is 11.9. The van der Waals surface area contributed by atoms with E-state index < -0.39 is 17.2 Å². The number of likely N-dealkylation sites (N-methyl/N-ethyl adjacent to an activating group) is 2. The van der Waals surface area contributed by atoms with E-state index in [-0.39, 0.29) is 10.9 Å². The van der Waals surface area contributed by atoms with E-state index in [9.17, 15) is 14.0 Å². The smallest absolute Gasteiger partial charge is 0.341 e. The summed E-state index contributed by atoms with van der Waals surface area (Å²) in [4.78, 5) is 27.3. The highest BCUT2D eigenvalue weighted by molar-refractivity contribution is 5.93. The maximum Gasteiger partial charge on any atom is 0.341 e. The number of aryl methyl sites for hydroxylation is 1. The molecule has 0 atom stereocenters. The van der Waals surface area contributed by atoms with E-state index in [1.54, 1.807) is 17.7 Å². The van der Waals surface area contributed by atoms with Gasteiger partial charge in [0.25, 0.3) is 0 Å². The van der Waals surface area contributed by atoms with Crippen LogP contribution in [0.3, 0.4) is 0 Å². The number of hydrogen-bond acceptors (Lipinski definition) is 4. The van der Waals surface area contributed by atoms with E-state index in [1.165, 1.54) is 16.6 Å². The van der Waals surface area contributed by atoms with Crippen molar-refractivity contribution >= 4 is 34.7 Å². The lowest BCUT2D eigenvalue weighted by Crippen LogP contribution is -2.32. The Bertz CT molecular complexity index is 1420. The third kappa shape index (κ3) is 7.15. The van der Waals surface area contributed by atoms with Crippen LogP contribution in [-0.2, 0) is 7.05 Å². The van der Waals surface area contributed by atoms with Crippen LogP contribution >= 0.6 is 0 Å². The first kappa shape index (κ1) is 28.5. The summed E-state index contributed by atoms with van der Waals surface area (Å²) < 4.78 is 16.1. The molecule has 0 unspecified atom stereocenters. The summed E-state index contributed by atoms with van der Waals surface area (Å²) in [5, 5.41) is 11.7. The highest BCUT2D eigenvalue weighted by Crippen LogP contribution is 2.25. The van der Waals surface area contributed by atoms with E-state index in [0.29, 0.717) is 24.3 Å². The number of halogens is 1. The Kier molecular flexibility index (Phi) is 10.2. The van der Waals surface area contributed by atoms with Gasteiger partial charge in [0.15, 0.2) is 0 Å². The molecule has 0 aliphatic heterocycles. The Morgan fingerprint density at radius 3 is 2.33 bits per heavy atom. The number of carbonyl (C=O) groups is 1. The number of aromatic nitrogens is 1. The molecule has 0 fully saturated rings. The molecule has 1 heterocycles. The zero-order chi connectivity index (χ0) is 27.0. The Balaban J connectivity index is 0.000000319. The molecule has 36 heavy (non-hydrogen) atoms. The summed E-state index contributed by atoms with van der Waals surface area (Å²) in [6.07, 6.45) is 5.47. The van der Waals surface area contributed by atoms with Gasteiger partial charge in [-0.1, -0.05) is 48.6 Å². The second kappa shape index (κ2) is 12.8. The van der Waals surface area contributed by atoms with Crippen LogP contribution in [0.2, 0.25) is 0 Å². The SMILES string of the molecule is C=C(C)/C=c1/cccc/c1=C/C.CCN(CCN(C)C)c1cc2c(cc1F)c(=O)c(C(=O)O)cn2C. The van der Waals surface area contributed by atoms with Crippen molar-refractivity contribution in [2.24, 2.45) is 7.05 Å². The van der Waals surface area contributed by atoms with Gasteiger partial charge >= 0.3 is 5.97 Å². The van der Waals surface area contributed by atoms with Gasteiger partial charge in [0.1, 0.15) is 11.4 Å². The van der Waals surface area contributed by atoms with Gasteiger partial charge in [-0.05, 0) is 57.4 Å². The van der Waals surface area contributed by atoms with Gasteiger partial charge in [0.2, 0.25) is 5.43 Å². The van der Waals surface area contributed by atoms with Gasteiger partial charge in [-0.2, -0.15) is 0 Å². The second-order valence-electron chi connectivity index (χ2n) is 8.90. The van der Waals surface area contributed by atoms with E-state index in [1.807, 2.05) is 56.8 Å². The third-order valence-electron chi connectivity index (χ3n) is 5.74. The summed E-state index contributed by atoms with van der Waals surface area (Å²) in [6, 6.07) is 11.0. The van der Waals surface area contributed by atoms with Crippen LogP contribution in [0.5, 0.6) is 0 Å². The minimum Gasteiger partial charge on any atom is -0.477 e. The Morgan fingerprint density at radius 2 is 1.81 bits per heavy atom. The van der Waals surface area contributed by atoms with Gasteiger partial charge in [-0.25, -0.2) is 9.18 Å². The zero-order valence-corrected chi connectivity index (χ0v) is 22.0. The molecule has 0 amide bonds. The molecular weight excluding hydrogens is 457 g/mol. The first-order valence-corrected chi connectivity index (χ1v) is 11.8. The standard InChI is InChI=1S/C17H22FN3O3.C12H14/c1-5-21(7-6-19(2)3)15-9-14-11(8-13(15)18)16(22)12(17(23)24)10-20(14)4;1-4-11-7-5-6-8-12(11)9-10(2)3/h8-10H,5-7H2,1-4H3,(H,23,24);4-9H,2H2,1,3H3/b;11-4-,12-9-. The summed E-state index contributed by atoms with van der Waals surface area (Å²) in [5.41, 5.74) is 0.966. The maximum atomic E-state index is 14.6. The molecule has 3 rings (SSSR count). The number of carboxylic acid groups (broad SMARTS) is 1. The Labute approximate surface area is 211 Å². The number of aromatic carboxylic acids is 1. The van der Waals surface area contributed by atoms with Crippen molar-refractivity contribution in [3.63, 3.8) is 0 Å². The molecular formula is C29H36FN3O3. The zero-order valence-electron chi connectivity index (χ0n) is 22.0. The van der Waals surface area contributed by atoms with Crippen molar-refractivity contribution < 1.29 is 14.3 Å². The largest absolute Gasteiger partial charge is 0.477 e. The summed E-state index contributed by atoms with van der Waals surface area (Å²) >= 11 is 0. The van der Waals surface area contributed by atoms with E-state index in [0.717, 1.165) is 18.2 Å². The van der Waals surface area contributed by atoms with E-state index in [2.05, 4.69) is 30.9 Å². The van der Waals surface area contributed by atoms with Crippen molar-refractivity contribution in [3.05, 3.63) is 86.8 Å². The lowest BCUT2D eigenvalue weighted by atomic mass is 10.1. The average molecular weight is 494 g/mol. The minimum atomic E-state index is -1.32. The van der Waals surface area contributed by atoms with Crippen LogP contribution in [0.1, 0.15) is 31.1 Å². The predicted molar refractivity (Wildman–Crippen MR) is 148 cm³/mol. The monoisotopic (exact) mass is 493 g/mol. The summed E-state index contributed by atoms with van der Waals surface area (Å²) in [5.74, 6) is -1.84. The van der Waals surface area contributed by atoms with Gasteiger partial charge in [0.05, 0.1) is 11.2 Å². The quantitative estimate of drug-likeness (QED) is 0.545. The second-order valence-corrected chi connectivity index (χ2v) is 8.90. The lowest BCUT2D eigenvalue weighted by Gasteiger charge is -2.26. The molecule has 0 radical (unpaired) electrons. The number of benzene rings is 2. The Hall–Kier alpha value is -3.71. The first-order valence-electron chi connectivity index (χ1n) is 11.8. The fourth-order valence-electron chi connectivity index (χ4n) is 3.83. The number of rotatable bonds is 7. The predicted octanol–water partition coefficient (Wildman–Crippen LogP) is 3.61. The fraction of sp³-hybridized carbons (Fsp3) is 0.310. The van der Waals surface area contributed by atoms with Crippen molar-refractivity contribution in [3.8, 4) is 0 Å². The number of anilines is 1. The van der Waals surface area contributed by atoms with Crippen molar-refractivity contribution in [1.82, 2.24) is 9.47 Å². The van der Waals surface area contributed by atoms with Gasteiger partial charge < -0.3 is 19.5 Å². The third-order valence-corrected chi connectivity index (χ3v) is 5.74. The van der Waals surface area contributed by atoms with Crippen molar-refractivity contribution in [2.75, 3.05) is 38.6 Å². The Morgan fingerprint density at radius 1 is 1.17 bits per heavy atom. The van der Waals surface area contributed by atoms with Crippen LogP contribution in [0.15, 0.2) is 59.5 Å². The normalized spacial score (nSPS) is 12.0. The molecule has 0 saturated heterocycles. The topological polar surface area (TPSA) is 65.8 Å². The maximum absolute atomic E-state index is 14.6. The molecule has 0 aliphatic carbocycles. The molecule has 6 nitrogen and oxygen atoms in total. The lowest BCUT2D eigenvalue weighted by molar-refractivity contribution is 0.0695. The van der Waals surface area contributed by atoms with E-state index in [4.69, 9.17) is 5.11 Å². The molecule has 0 spiro atoms. The number of allylic oxidation sites excluding steroid dienone is 1. The van der Waals surface area contributed by atoms with Gasteiger partial charge in [0, 0.05) is 38.3 Å². The fourth-order valence-corrected chi connectivity index (χ4v) is 3.83. The van der Waals surface area contributed by atoms with Crippen LogP contribution < -0.4 is 20.8 Å². The highest BCUT2D eigenvalue weighted by atomic mass is 19.1. The number of nitrogens with zero attached hydrogens (tertiary/aromatic N) is 3. The molecule has 2 aromatic carbocycles. The van der Waals surface area contributed by atoms with E-state index >= 15 is 0 Å². The summed E-state index contributed by atoms with van der Waals surface area (Å²) in [7, 11) is 5.54. The molecule has 1 aromatic heterocycles. The molecule has 0 saturated carbocycles. The van der Waals surface area contributed by atoms with Gasteiger partial charge in [-0.3, -0.25) is 4.79 Å². The molecule has 7 heteroatoms. The molecule has 0 aliphatic rings. The number of carboxylic acids is 1. The van der Waals surface area contributed by atoms with Crippen molar-refractivity contribution in [2.45, 2.75) is 20.8 Å². The molecule has 1 N–H and O–H groups in total. The first-order chi connectivity index (χ1) is 17.0. The molecule has 192 valence electrons. The molecule has 0 bridgehead atoms. The number of hydrogen-bond donors (Lipinski definition) is 1. The minimum absolute atomic E-state index is 0.0716. The van der Waals surface area contributed by atoms with Crippen LogP contribution in [0.25, 0.3) is 23.1 Å². The highest BCUT2D eigenvalue weighted by Gasteiger charge is 2.18. The van der Waals surface area contributed by atoms with Crippen LogP contribution in [-0.4, -0.2) is 54.3 Å². The molecule has 3 aromatic rings. The van der Waals surface area contributed by atoms with Crippen LogP contribution in [0, 0.1) is 5.82 Å². The number of pyridine rings is 1. The van der Waals surface area contributed by atoms with Crippen LogP contribution in [0.4, 0.5) is 10.1 Å².